The van der Waals surface area contributed by atoms with Crippen molar-refractivity contribution in [1.29, 1.82) is 0 Å². The number of anilines is 2. The fourth-order valence-corrected chi connectivity index (χ4v) is 7.13. The average molecular weight is 1030 g/mol. The van der Waals surface area contributed by atoms with E-state index in [2.05, 4.69) is 66.3 Å². The number of hydrogen-bond donors (Lipinski definition) is 5. The molecule has 0 aliphatic heterocycles. The third-order valence-corrected chi connectivity index (χ3v) is 10.7. The topological polar surface area (TPSA) is 259 Å². The second-order valence-corrected chi connectivity index (χ2v) is 20.2. The molecule has 2 heterocycles. The number of aliphatic hydroxyl groups excluding tert-OH is 1. The minimum Gasteiger partial charge on any atom is -0.870 e. The van der Waals surface area contributed by atoms with Crippen molar-refractivity contribution in [2.75, 3.05) is 32.4 Å². The summed E-state index contributed by atoms with van der Waals surface area (Å²) in [5.41, 5.74) is 10.5. The molecule has 18 heteroatoms. The molecule has 378 valence electrons. The zero-order chi connectivity index (χ0) is 52.4. The Hall–Kier alpha value is -5.37. The fourth-order valence-electron chi connectivity index (χ4n) is 6.99. The molecule has 71 heavy (non-hydrogen) atoms. The van der Waals surface area contributed by atoms with Gasteiger partial charge in [-0.1, -0.05) is 107 Å². The first kappa shape index (κ1) is 63.6. The molecule has 4 aromatic carbocycles. The van der Waals surface area contributed by atoms with Gasteiger partial charge in [0.2, 0.25) is 10.9 Å². The van der Waals surface area contributed by atoms with Crippen molar-refractivity contribution in [3.63, 3.8) is 0 Å². The molecule has 7 N–H and O–H groups in total. The summed E-state index contributed by atoms with van der Waals surface area (Å²) in [5, 5.41) is 10.0. The largest absolute Gasteiger partial charge is 1.00 e. The number of fused-ring (bicyclic) bond motifs is 2. The summed E-state index contributed by atoms with van der Waals surface area (Å²) in [6, 6.07) is 21.2. The van der Waals surface area contributed by atoms with Gasteiger partial charge in [-0.05, 0) is 80.8 Å². The molecule has 6 aromatic rings. The van der Waals surface area contributed by atoms with E-state index in [0.717, 1.165) is 29.4 Å². The van der Waals surface area contributed by atoms with E-state index in [1.165, 1.54) is 26.6 Å². The van der Waals surface area contributed by atoms with Gasteiger partial charge < -0.3 is 50.5 Å². The van der Waals surface area contributed by atoms with Crippen molar-refractivity contribution >= 4 is 68.2 Å². The number of benzene rings is 4. The standard InChI is InChI=1S/C26H30N2O5.C16H25NO3.C10H6ClNO2.CH4O.K.H2O/c1-25(2,3)17-12-18(26(4,5)6)21(33-24(31)32-7)13-20(17)28-23(30)16-14-27-19-11-9-8-10-15(19)22(16)29;1-15(2,3)10-8-11(16(4,5)6)13(9-12(10)17)20-14(18)19-7;11-10(14)7-5-12-8-4-2-1-3-6(8)9(7)13;1-2;;/h8-14H,1-7H3,(H,27,29)(H,28,30);8-9H,17H2,1-7H3;1-5H,(H,12,13);2H,1H3;;1H2/q;;;;+1;/p-1. The van der Waals surface area contributed by atoms with Crippen molar-refractivity contribution in [1.82, 2.24) is 9.97 Å². The van der Waals surface area contributed by atoms with Crippen molar-refractivity contribution in [2.24, 2.45) is 0 Å². The van der Waals surface area contributed by atoms with E-state index in [0.29, 0.717) is 38.9 Å². The molecular weight excluding hydrogens is 959 g/mol. The predicted octanol–water partition coefficient (Wildman–Crippen LogP) is 7.87. The maximum absolute atomic E-state index is 13.2. The fraction of sp³-hybridized carbons (Fsp3) is 0.358. The number of aromatic amines is 2. The number of hydrogen-bond acceptors (Lipinski definition) is 13. The van der Waals surface area contributed by atoms with Crippen LogP contribution >= 0.6 is 11.6 Å². The van der Waals surface area contributed by atoms with Gasteiger partial charge in [0.05, 0.1) is 19.8 Å². The van der Waals surface area contributed by atoms with Crippen LogP contribution < -0.4 is 82.8 Å². The quantitative estimate of drug-likeness (QED) is 0.0363. The second kappa shape index (κ2) is 26.4. The summed E-state index contributed by atoms with van der Waals surface area (Å²) in [6.07, 6.45) is 1.15. The molecule has 0 saturated heterocycles. The van der Waals surface area contributed by atoms with Gasteiger partial charge in [0.1, 0.15) is 17.1 Å². The molecule has 0 spiro atoms. The van der Waals surface area contributed by atoms with E-state index in [1.807, 2.05) is 59.7 Å². The molecule has 2 aromatic heterocycles. The van der Waals surface area contributed by atoms with Crippen LogP contribution in [0, 0.1) is 0 Å². The molecule has 6 rings (SSSR count). The molecule has 0 aliphatic rings. The molecule has 16 nitrogen and oxygen atoms in total. The first-order valence-corrected chi connectivity index (χ1v) is 22.2. The first-order chi connectivity index (χ1) is 32.0. The maximum Gasteiger partial charge on any atom is 1.00 e. The Morgan fingerprint density at radius 2 is 0.944 bits per heavy atom. The molecule has 0 atom stereocenters. The number of carbonyl (C=O) groups is 4. The number of nitrogen functional groups attached to an aromatic ring is 1. The molecule has 0 radical (unpaired) electrons. The average Bonchev–Trinajstić information content (AvgIpc) is 3.26. The number of methoxy groups -OCH3 is 2. The van der Waals surface area contributed by atoms with E-state index in [1.54, 1.807) is 54.6 Å². The number of aliphatic hydroxyl groups is 1. The molecule has 0 aliphatic carbocycles. The Labute approximate surface area is 462 Å². The number of amides is 1. The van der Waals surface area contributed by atoms with Crippen LogP contribution in [-0.2, 0) is 31.1 Å². The van der Waals surface area contributed by atoms with Crippen molar-refractivity contribution in [3.8, 4) is 11.5 Å². The van der Waals surface area contributed by atoms with E-state index in [-0.39, 0.29) is 106 Å². The minimum atomic E-state index is -0.854. The smallest absolute Gasteiger partial charge is 0.870 e. The summed E-state index contributed by atoms with van der Waals surface area (Å²) < 4.78 is 19.9. The van der Waals surface area contributed by atoms with Crippen LogP contribution in [0.3, 0.4) is 0 Å². The molecule has 0 unspecified atom stereocenters. The number of carbonyl (C=O) groups excluding carboxylic acids is 4. The Kier molecular flexibility index (Phi) is 23.6. The van der Waals surface area contributed by atoms with Crippen LogP contribution in [0.15, 0.2) is 94.8 Å². The molecule has 0 saturated carbocycles. The van der Waals surface area contributed by atoms with Crippen LogP contribution in [0.4, 0.5) is 21.0 Å². The number of aromatic nitrogens is 2. The maximum atomic E-state index is 13.2. The molecule has 0 bridgehead atoms. The Morgan fingerprint density at radius 1 is 0.577 bits per heavy atom. The zero-order valence-corrected chi connectivity index (χ0v) is 47.4. The normalized spacial score (nSPS) is 11.1. The summed E-state index contributed by atoms with van der Waals surface area (Å²) in [7, 11) is 3.52. The van der Waals surface area contributed by atoms with Gasteiger partial charge in [0.25, 0.3) is 11.1 Å². The van der Waals surface area contributed by atoms with Gasteiger partial charge >= 0.3 is 63.7 Å². The number of pyridine rings is 2. The van der Waals surface area contributed by atoms with Gasteiger partial charge in [-0.3, -0.25) is 19.2 Å². The van der Waals surface area contributed by atoms with E-state index < -0.39 is 23.5 Å². The minimum absolute atomic E-state index is 0. The van der Waals surface area contributed by atoms with Crippen molar-refractivity contribution < 1.29 is 100 Å². The van der Waals surface area contributed by atoms with Crippen LogP contribution in [0.1, 0.15) is 126 Å². The number of nitrogens with one attached hydrogen (secondary N) is 3. The molecule has 0 fully saturated rings. The third kappa shape index (κ3) is 16.9. The number of para-hydroxylation sites is 2. The van der Waals surface area contributed by atoms with Crippen LogP contribution in [-0.4, -0.2) is 65.3 Å². The van der Waals surface area contributed by atoms with Gasteiger partial charge in [-0.25, -0.2) is 9.59 Å². The van der Waals surface area contributed by atoms with Gasteiger partial charge in [-0.15, -0.1) is 0 Å². The number of rotatable bonds is 5. The third-order valence-electron chi connectivity index (χ3n) is 10.5. The molecular formula is C53H66ClKN4O12. The van der Waals surface area contributed by atoms with Gasteiger partial charge in [-0.2, -0.15) is 0 Å². The summed E-state index contributed by atoms with van der Waals surface area (Å²) in [5.74, 6) is 0.181. The Morgan fingerprint density at radius 3 is 1.34 bits per heavy atom. The van der Waals surface area contributed by atoms with Crippen LogP contribution in [0.25, 0.3) is 21.8 Å². The van der Waals surface area contributed by atoms with E-state index >= 15 is 0 Å². The number of ether oxygens (including phenoxy) is 4. The van der Waals surface area contributed by atoms with Gasteiger partial charge in [0.15, 0.2) is 0 Å². The SMILES string of the molecule is CO.COC(=O)Oc1cc(N)c(C(C)(C)C)cc1C(C)(C)C.COC(=O)Oc1cc(NC(=O)c2c[nH]c3ccccc3c2=O)c(C(C)(C)C)cc1C(C)(C)C.O=C(Cl)c1c[nH]c2ccccc2c1=O.[K+].[OH-]. The van der Waals surface area contributed by atoms with E-state index in [9.17, 15) is 28.8 Å². The van der Waals surface area contributed by atoms with Crippen LogP contribution in [0.2, 0.25) is 0 Å². The summed E-state index contributed by atoms with van der Waals surface area (Å²) in [6.45, 7) is 24.6. The first-order valence-electron chi connectivity index (χ1n) is 21.8. The van der Waals surface area contributed by atoms with Crippen molar-refractivity contribution in [3.05, 3.63) is 139 Å². The van der Waals surface area contributed by atoms with Gasteiger partial charge in [0, 0.05) is 75.9 Å². The molecule has 1 amide bonds. The summed E-state index contributed by atoms with van der Waals surface area (Å²) >= 11 is 5.25. The van der Waals surface area contributed by atoms with Crippen molar-refractivity contribution in [2.45, 2.75) is 105 Å². The summed E-state index contributed by atoms with van der Waals surface area (Å²) in [4.78, 5) is 77.7. The van der Waals surface area contributed by atoms with Crippen LogP contribution in [0.5, 0.6) is 11.5 Å². The zero-order valence-electron chi connectivity index (χ0n) is 43.5. The number of nitrogens with two attached hydrogens (primary N) is 1. The van der Waals surface area contributed by atoms with E-state index in [4.69, 9.17) is 31.9 Å². The monoisotopic (exact) mass is 1020 g/mol. The number of halogens is 1. The second-order valence-electron chi connectivity index (χ2n) is 19.8. The predicted molar refractivity (Wildman–Crippen MR) is 276 cm³/mol. The number of H-pyrrole nitrogens is 2. The Bertz CT molecular complexity index is 2960. The Balaban J connectivity index is 0.000000565.